The van der Waals surface area contributed by atoms with Gasteiger partial charge in [0.15, 0.2) is 9.84 Å². The first-order valence-corrected chi connectivity index (χ1v) is 9.13. The summed E-state index contributed by atoms with van der Waals surface area (Å²) in [5, 5.41) is 2.31. The summed E-state index contributed by atoms with van der Waals surface area (Å²) in [6, 6.07) is -0.479. The fourth-order valence-electron chi connectivity index (χ4n) is 2.54. The Morgan fingerprint density at radius 1 is 1.29 bits per heavy atom. The quantitative estimate of drug-likeness (QED) is 0.792. The smallest absolute Gasteiger partial charge is 0.246 e. The van der Waals surface area contributed by atoms with Gasteiger partial charge in [-0.25, -0.2) is 8.42 Å². The molecule has 7 heteroatoms. The van der Waals surface area contributed by atoms with Crippen molar-refractivity contribution in [3.05, 3.63) is 0 Å². The van der Waals surface area contributed by atoms with E-state index in [1.54, 1.807) is 27.7 Å². The Balaban J connectivity index is 2.17. The minimum absolute atomic E-state index is 0.0724. The lowest BCUT2D eigenvalue weighted by molar-refractivity contribution is -0.155. The summed E-state index contributed by atoms with van der Waals surface area (Å²) in [4.78, 5) is 26.2. The van der Waals surface area contributed by atoms with Gasteiger partial charge in [-0.15, -0.1) is 0 Å². The molecule has 0 radical (unpaired) electrons. The van der Waals surface area contributed by atoms with E-state index in [2.05, 4.69) is 5.32 Å². The second-order valence-electron chi connectivity index (χ2n) is 6.75. The molecule has 1 saturated heterocycles. The van der Waals surface area contributed by atoms with Crippen LogP contribution in [-0.4, -0.2) is 54.3 Å². The molecular formula is C14H24N2O4S. The van der Waals surface area contributed by atoms with Crippen LogP contribution in [0, 0.1) is 5.92 Å². The maximum absolute atomic E-state index is 12.6. The normalized spacial score (nSPS) is 26.1. The van der Waals surface area contributed by atoms with Gasteiger partial charge in [-0.3, -0.25) is 9.59 Å². The zero-order chi connectivity index (χ0) is 16.0. The van der Waals surface area contributed by atoms with E-state index in [9.17, 15) is 18.0 Å². The van der Waals surface area contributed by atoms with Gasteiger partial charge in [-0.1, -0.05) is 0 Å². The van der Waals surface area contributed by atoms with Gasteiger partial charge >= 0.3 is 0 Å². The van der Waals surface area contributed by atoms with E-state index in [1.165, 1.54) is 4.90 Å². The minimum Gasteiger partial charge on any atom is -0.342 e. The molecule has 1 unspecified atom stereocenters. The molecule has 1 N–H and O–H groups in total. The first-order chi connectivity index (χ1) is 9.57. The van der Waals surface area contributed by atoms with E-state index in [-0.39, 0.29) is 30.0 Å². The predicted molar refractivity (Wildman–Crippen MR) is 79.4 cm³/mol. The number of nitrogens with zero attached hydrogens (tertiary/aromatic N) is 1. The number of nitrogens with one attached hydrogen (secondary N) is 1. The topological polar surface area (TPSA) is 83.6 Å². The Morgan fingerprint density at radius 2 is 1.86 bits per heavy atom. The maximum Gasteiger partial charge on any atom is 0.246 e. The second-order valence-corrected chi connectivity index (χ2v) is 9.43. The number of amides is 2. The predicted octanol–water partition coefficient (Wildman–Crippen LogP) is 0.325. The molecule has 0 bridgehead atoms. The lowest BCUT2D eigenvalue weighted by Crippen LogP contribution is -2.69. The zero-order valence-electron chi connectivity index (χ0n) is 13.0. The lowest BCUT2D eigenvalue weighted by atomic mass is 9.94. The van der Waals surface area contributed by atoms with Crippen molar-refractivity contribution in [3.63, 3.8) is 0 Å². The van der Waals surface area contributed by atoms with Crippen LogP contribution in [-0.2, 0) is 19.4 Å². The van der Waals surface area contributed by atoms with Crippen LogP contribution < -0.4 is 5.32 Å². The van der Waals surface area contributed by atoms with E-state index in [1.807, 2.05) is 0 Å². The fraction of sp³-hybridized carbons (Fsp3) is 0.857. The van der Waals surface area contributed by atoms with Gasteiger partial charge < -0.3 is 10.2 Å². The van der Waals surface area contributed by atoms with Crippen LogP contribution in [0.1, 0.15) is 40.5 Å². The van der Waals surface area contributed by atoms with Gasteiger partial charge in [0.25, 0.3) is 0 Å². The van der Waals surface area contributed by atoms with E-state index in [0.717, 1.165) is 12.8 Å². The molecular weight excluding hydrogens is 292 g/mol. The maximum atomic E-state index is 12.6. The molecule has 2 rings (SSSR count). The van der Waals surface area contributed by atoms with Crippen LogP contribution in [0.15, 0.2) is 0 Å². The molecule has 0 aromatic carbocycles. The largest absolute Gasteiger partial charge is 0.342 e. The number of sulfone groups is 1. The van der Waals surface area contributed by atoms with Crippen molar-refractivity contribution in [2.45, 2.75) is 57.4 Å². The van der Waals surface area contributed by atoms with Gasteiger partial charge in [0.1, 0.15) is 11.6 Å². The summed E-state index contributed by atoms with van der Waals surface area (Å²) < 4.78 is 23.9. The lowest BCUT2D eigenvalue weighted by Gasteiger charge is -2.44. The molecule has 1 heterocycles. The van der Waals surface area contributed by atoms with Crippen LogP contribution in [0.4, 0.5) is 0 Å². The molecule has 1 saturated carbocycles. The average molecular weight is 316 g/mol. The molecule has 1 aliphatic carbocycles. The zero-order valence-corrected chi connectivity index (χ0v) is 13.9. The van der Waals surface area contributed by atoms with E-state index < -0.39 is 26.7 Å². The molecule has 0 aromatic heterocycles. The number of hydrogen-bond donors (Lipinski definition) is 1. The summed E-state index contributed by atoms with van der Waals surface area (Å²) in [6.07, 6.45) is 1.88. The molecule has 0 aromatic rings. The van der Waals surface area contributed by atoms with Crippen molar-refractivity contribution in [2.75, 3.05) is 12.3 Å². The van der Waals surface area contributed by atoms with Gasteiger partial charge in [0, 0.05) is 6.54 Å². The summed E-state index contributed by atoms with van der Waals surface area (Å²) in [5.41, 5.74) is -1.00. The molecule has 0 spiro atoms. The van der Waals surface area contributed by atoms with Crippen LogP contribution in [0.2, 0.25) is 0 Å². The van der Waals surface area contributed by atoms with Gasteiger partial charge in [0.05, 0.1) is 11.0 Å². The fourth-order valence-corrected chi connectivity index (χ4v) is 3.45. The Kier molecular flexibility index (Phi) is 4.08. The van der Waals surface area contributed by atoms with Crippen LogP contribution in [0.5, 0.6) is 0 Å². The van der Waals surface area contributed by atoms with Crippen molar-refractivity contribution >= 4 is 21.7 Å². The molecule has 1 aliphatic heterocycles. The van der Waals surface area contributed by atoms with E-state index >= 15 is 0 Å². The van der Waals surface area contributed by atoms with Crippen LogP contribution in [0.3, 0.4) is 0 Å². The molecule has 120 valence electrons. The average Bonchev–Trinajstić information content (AvgIpc) is 3.17. The third kappa shape index (κ3) is 3.07. The molecule has 21 heavy (non-hydrogen) atoms. The molecule has 1 atom stereocenters. The van der Waals surface area contributed by atoms with Gasteiger partial charge in [0.2, 0.25) is 11.8 Å². The standard InChI is InChI=1S/C14H24N2O4S/c1-9(2)21(19,20)8-7-16-12(17)11(10-5-6-10)15-13(18)14(16,3)4/h9-11H,5-8H2,1-4H3,(H,15,18). The molecule has 2 fully saturated rings. The second kappa shape index (κ2) is 5.26. The summed E-state index contributed by atoms with van der Waals surface area (Å²) in [5.74, 6) is -0.256. The van der Waals surface area contributed by atoms with Crippen molar-refractivity contribution in [1.82, 2.24) is 10.2 Å². The first-order valence-electron chi connectivity index (χ1n) is 7.41. The molecule has 2 aliphatic rings. The summed E-state index contributed by atoms with van der Waals surface area (Å²) >= 11 is 0. The number of rotatable bonds is 5. The highest BCUT2D eigenvalue weighted by Crippen LogP contribution is 2.36. The highest BCUT2D eigenvalue weighted by atomic mass is 32.2. The monoisotopic (exact) mass is 316 g/mol. The van der Waals surface area contributed by atoms with E-state index in [0.29, 0.717) is 0 Å². The third-order valence-corrected chi connectivity index (χ3v) is 6.65. The number of hydrogen-bond acceptors (Lipinski definition) is 4. The van der Waals surface area contributed by atoms with E-state index in [4.69, 9.17) is 0 Å². The third-order valence-electron chi connectivity index (χ3n) is 4.46. The highest BCUT2D eigenvalue weighted by Gasteiger charge is 2.50. The van der Waals surface area contributed by atoms with Gasteiger partial charge in [-0.2, -0.15) is 0 Å². The van der Waals surface area contributed by atoms with Crippen LogP contribution >= 0.6 is 0 Å². The minimum atomic E-state index is -3.24. The summed E-state index contributed by atoms with van der Waals surface area (Å²) in [7, 11) is -3.24. The van der Waals surface area contributed by atoms with Gasteiger partial charge in [-0.05, 0) is 46.5 Å². The Bertz CT molecular complexity index is 549. The molecule has 2 amide bonds. The Hall–Kier alpha value is -1.11. The first kappa shape index (κ1) is 16.3. The molecule has 6 nitrogen and oxygen atoms in total. The Labute approximate surface area is 126 Å². The van der Waals surface area contributed by atoms with Crippen molar-refractivity contribution in [1.29, 1.82) is 0 Å². The Morgan fingerprint density at radius 3 is 2.33 bits per heavy atom. The van der Waals surface area contributed by atoms with Crippen molar-refractivity contribution in [2.24, 2.45) is 5.92 Å². The van der Waals surface area contributed by atoms with Crippen molar-refractivity contribution in [3.8, 4) is 0 Å². The number of piperazine rings is 1. The summed E-state index contributed by atoms with van der Waals surface area (Å²) in [6.45, 7) is 6.64. The number of carbonyl (C=O) groups excluding carboxylic acids is 2. The SMILES string of the molecule is CC(C)S(=O)(=O)CCN1C(=O)C(C2CC2)NC(=O)C1(C)C. The highest BCUT2D eigenvalue weighted by molar-refractivity contribution is 7.92. The van der Waals surface area contributed by atoms with Crippen LogP contribution in [0.25, 0.3) is 0 Å². The van der Waals surface area contributed by atoms with Crippen molar-refractivity contribution < 1.29 is 18.0 Å². The number of carbonyl (C=O) groups is 2.